The molecule has 7 nitrogen and oxygen atoms in total. The van der Waals surface area contributed by atoms with Crippen molar-refractivity contribution in [1.29, 1.82) is 0 Å². The Morgan fingerprint density at radius 2 is 2.03 bits per heavy atom. The number of fused-ring (bicyclic) bond motifs is 2. The number of aromatic nitrogens is 3. The van der Waals surface area contributed by atoms with Gasteiger partial charge < -0.3 is 15.2 Å². The van der Waals surface area contributed by atoms with E-state index in [-0.39, 0.29) is 18.0 Å². The van der Waals surface area contributed by atoms with Crippen molar-refractivity contribution in [1.82, 2.24) is 15.0 Å². The number of halogens is 1. The highest BCUT2D eigenvalue weighted by molar-refractivity contribution is 5.90. The molecule has 5 rings (SSSR count). The van der Waals surface area contributed by atoms with E-state index in [0.717, 1.165) is 38.5 Å². The molecule has 1 atom stereocenters. The zero-order valence-electron chi connectivity index (χ0n) is 19.8. The summed E-state index contributed by atoms with van der Waals surface area (Å²) in [6, 6.07) is 8.10. The van der Waals surface area contributed by atoms with E-state index in [4.69, 9.17) is 9.72 Å². The van der Waals surface area contributed by atoms with E-state index in [9.17, 15) is 14.3 Å². The molecule has 1 saturated carbocycles. The number of pyridine rings is 1. The van der Waals surface area contributed by atoms with Gasteiger partial charge in [-0.3, -0.25) is 4.98 Å². The Morgan fingerprint density at radius 3 is 2.89 bits per heavy atom. The van der Waals surface area contributed by atoms with Gasteiger partial charge in [0.05, 0.1) is 6.10 Å². The lowest BCUT2D eigenvalue weighted by Crippen LogP contribution is -2.35. The number of nitrogens with zero attached hydrogens (tertiary/aromatic N) is 3. The predicted molar refractivity (Wildman–Crippen MR) is 131 cm³/mol. The number of nitrogens with one attached hydrogen (secondary N) is 1. The number of para-hydroxylation sites is 1. The Bertz CT molecular complexity index is 1200. The molecule has 0 bridgehead atoms. The minimum atomic E-state index is -0.999. The van der Waals surface area contributed by atoms with Crippen LogP contribution >= 0.6 is 0 Å². The fraction of sp³-hybridized carbons (Fsp3) is 0.481. The number of aliphatic carboxylic acids is 1. The normalized spacial score (nSPS) is 20.1. The number of benzene rings is 1. The van der Waals surface area contributed by atoms with Gasteiger partial charge in [-0.2, -0.15) is 0 Å². The fourth-order valence-electron chi connectivity index (χ4n) is 5.11. The molecular formula is C27H31FN4O3. The smallest absolute Gasteiger partial charge is 0.326 e. The molecular weight excluding hydrogens is 447 g/mol. The summed E-state index contributed by atoms with van der Waals surface area (Å²) in [4.78, 5) is 24.7. The third-order valence-electron chi connectivity index (χ3n) is 7.22. The van der Waals surface area contributed by atoms with Crippen molar-refractivity contribution in [2.45, 2.75) is 69.9 Å². The Morgan fingerprint density at radius 1 is 1.17 bits per heavy atom. The number of carbonyl (C=O) groups is 1. The lowest BCUT2D eigenvalue weighted by atomic mass is 9.79. The molecule has 0 amide bonds. The molecule has 1 fully saturated rings. The van der Waals surface area contributed by atoms with E-state index in [0.29, 0.717) is 23.7 Å². The largest absolute Gasteiger partial charge is 0.480 e. The molecule has 2 aliphatic rings. The predicted octanol–water partition coefficient (Wildman–Crippen LogP) is 4.73. The second kappa shape index (κ2) is 10.6. The summed E-state index contributed by atoms with van der Waals surface area (Å²) < 4.78 is 19.9. The van der Waals surface area contributed by atoms with Crippen molar-refractivity contribution in [2.75, 3.05) is 11.9 Å². The Kier molecular flexibility index (Phi) is 7.18. The standard InChI is InChI=1S/C27H31FN4O3/c28-22-6-3-5-21-25(22)29-16-30-26(21)32-24(27(33)34)12-13-35-20-14-17(15-20)8-10-19-11-9-18-4-1-2-7-23(18)31-19/h3,5-6,9,11,16-17,20,24H,1-2,4,7-8,10,12-15H2,(H,33,34)(H,29,30,32). The lowest BCUT2D eigenvalue weighted by Gasteiger charge is -2.35. The van der Waals surface area contributed by atoms with Gasteiger partial charge in [-0.15, -0.1) is 0 Å². The molecule has 0 aliphatic heterocycles. The van der Waals surface area contributed by atoms with Crippen LogP contribution in [-0.4, -0.2) is 44.8 Å². The van der Waals surface area contributed by atoms with Crippen LogP contribution in [0.15, 0.2) is 36.7 Å². The van der Waals surface area contributed by atoms with Crippen LogP contribution in [0.4, 0.5) is 10.2 Å². The first-order valence-corrected chi connectivity index (χ1v) is 12.5. The SMILES string of the molecule is O=C(O)C(CCOC1CC(CCc2ccc3c(n2)CCCC3)C1)Nc1ncnc2c(F)cccc12. The molecule has 2 aromatic heterocycles. The number of aryl methyl sites for hydroxylation is 3. The Balaban J connectivity index is 1.06. The lowest BCUT2D eigenvalue weighted by molar-refractivity contribution is -0.138. The van der Waals surface area contributed by atoms with Gasteiger partial charge in [-0.25, -0.2) is 19.2 Å². The summed E-state index contributed by atoms with van der Waals surface area (Å²) in [6.07, 6.45) is 10.6. The molecule has 2 N–H and O–H groups in total. The average Bonchev–Trinajstić information content (AvgIpc) is 2.84. The van der Waals surface area contributed by atoms with E-state index in [1.165, 1.54) is 42.2 Å². The van der Waals surface area contributed by atoms with Crippen molar-refractivity contribution < 1.29 is 19.0 Å². The molecule has 8 heteroatoms. The first-order chi connectivity index (χ1) is 17.1. The van der Waals surface area contributed by atoms with Crippen LogP contribution in [0.3, 0.4) is 0 Å². The van der Waals surface area contributed by atoms with Crippen LogP contribution < -0.4 is 5.32 Å². The van der Waals surface area contributed by atoms with Gasteiger partial charge in [0.1, 0.15) is 29.5 Å². The molecule has 3 aromatic rings. The third-order valence-corrected chi connectivity index (χ3v) is 7.22. The van der Waals surface area contributed by atoms with Gasteiger partial charge in [0.25, 0.3) is 0 Å². The van der Waals surface area contributed by atoms with Crippen LogP contribution in [0.2, 0.25) is 0 Å². The van der Waals surface area contributed by atoms with Crippen molar-refractivity contribution in [3.63, 3.8) is 0 Å². The van der Waals surface area contributed by atoms with Gasteiger partial charge >= 0.3 is 5.97 Å². The van der Waals surface area contributed by atoms with Gasteiger partial charge in [-0.1, -0.05) is 12.1 Å². The molecule has 0 saturated heterocycles. The molecule has 184 valence electrons. The van der Waals surface area contributed by atoms with Crippen LogP contribution in [0.5, 0.6) is 0 Å². The maximum absolute atomic E-state index is 14.0. The minimum Gasteiger partial charge on any atom is -0.480 e. The monoisotopic (exact) mass is 478 g/mol. The number of anilines is 1. The molecule has 1 aromatic carbocycles. The van der Waals surface area contributed by atoms with E-state index < -0.39 is 17.8 Å². The number of carboxylic acids is 1. The Labute approximate surface area is 204 Å². The summed E-state index contributed by atoms with van der Waals surface area (Å²) in [6.45, 7) is 0.338. The van der Waals surface area contributed by atoms with Crippen molar-refractivity contribution in [3.05, 3.63) is 59.4 Å². The molecule has 2 heterocycles. The van der Waals surface area contributed by atoms with E-state index >= 15 is 0 Å². The molecule has 0 radical (unpaired) electrons. The maximum atomic E-state index is 14.0. The minimum absolute atomic E-state index is 0.163. The van der Waals surface area contributed by atoms with Gasteiger partial charge in [0.15, 0.2) is 0 Å². The number of carboxylic acid groups (broad SMARTS) is 1. The number of hydrogen-bond donors (Lipinski definition) is 2. The summed E-state index contributed by atoms with van der Waals surface area (Å²) in [5, 5.41) is 13.0. The van der Waals surface area contributed by atoms with Gasteiger partial charge in [-0.05, 0) is 81.0 Å². The van der Waals surface area contributed by atoms with Crippen LogP contribution in [0, 0.1) is 11.7 Å². The summed E-state index contributed by atoms with van der Waals surface area (Å²) in [5.41, 5.74) is 4.08. The number of ether oxygens (including phenoxy) is 1. The average molecular weight is 479 g/mol. The van der Waals surface area contributed by atoms with E-state index in [2.05, 4.69) is 27.4 Å². The first kappa shape index (κ1) is 23.6. The third kappa shape index (κ3) is 5.59. The fourth-order valence-corrected chi connectivity index (χ4v) is 5.11. The zero-order valence-corrected chi connectivity index (χ0v) is 19.8. The molecule has 2 aliphatic carbocycles. The van der Waals surface area contributed by atoms with Crippen LogP contribution in [-0.2, 0) is 28.8 Å². The first-order valence-electron chi connectivity index (χ1n) is 12.5. The van der Waals surface area contributed by atoms with Crippen molar-refractivity contribution in [2.24, 2.45) is 5.92 Å². The quantitative estimate of drug-likeness (QED) is 0.435. The summed E-state index contributed by atoms with van der Waals surface area (Å²) in [5.74, 6) is -0.527. The van der Waals surface area contributed by atoms with E-state index in [1.54, 1.807) is 12.1 Å². The zero-order chi connectivity index (χ0) is 24.2. The Hall–Kier alpha value is -3.13. The second-order valence-electron chi connectivity index (χ2n) is 9.67. The molecule has 35 heavy (non-hydrogen) atoms. The van der Waals surface area contributed by atoms with Crippen molar-refractivity contribution in [3.8, 4) is 0 Å². The topological polar surface area (TPSA) is 97.2 Å². The maximum Gasteiger partial charge on any atom is 0.326 e. The highest BCUT2D eigenvalue weighted by Crippen LogP contribution is 2.34. The van der Waals surface area contributed by atoms with Gasteiger partial charge in [0, 0.05) is 29.8 Å². The highest BCUT2D eigenvalue weighted by atomic mass is 19.1. The highest BCUT2D eigenvalue weighted by Gasteiger charge is 2.30. The van der Waals surface area contributed by atoms with Crippen LogP contribution in [0.1, 0.15) is 55.5 Å². The van der Waals surface area contributed by atoms with Gasteiger partial charge in [0.2, 0.25) is 0 Å². The summed E-state index contributed by atoms with van der Waals surface area (Å²) >= 11 is 0. The van der Waals surface area contributed by atoms with Crippen molar-refractivity contribution >= 4 is 22.7 Å². The van der Waals surface area contributed by atoms with E-state index in [1.807, 2.05) is 0 Å². The molecule has 0 spiro atoms. The van der Waals surface area contributed by atoms with Crippen LogP contribution in [0.25, 0.3) is 10.9 Å². The number of hydrogen-bond acceptors (Lipinski definition) is 6. The number of rotatable bonds is 10. The molecule has 1 unspecified atom stereocenters. The summed E-state index contributed by atoms with van der Waals surface area (Å²) in [7, 11) is 0. The second-order valence-corrected chi connectivity index (χ2v) is 9.67.